The number of hydrogen-bond acceptors (Lipinski definition) is 4. The van der Waals surface area contributed by atoms with E-state index in [1.807, 2.05) is 34.6 Å². The molecule has 7 heteroatoms. The number of rotatable bonds is 6. The third-order valence-electron chi connectivity index (χ3n) is 5.52. The molecule has 1 heterocycles. The first-order valence-electron chi connectivity index (χ1n) is 11.1. The van der Waals surface area contributed by atoms with Crippen LogP contribution in [0.4, 0.5) is 4.79 Å². The Kier molecular flexibility index (Phi) is 8.34. The second-order valence-electron chi connectivity index (χ2n) is 10.00. The van der Waals surface area contributed by atoms with E-state index in [1.165, 1.54) is 11.1 Å². The fraction of sp³-hybridized carbons (Fsp3) is 0.667. The van der Waals surface area contributed by atoms with Gasteiger partial charge in [0.2, 0.25) is 0 Å². The van der Waals surface area contributed by atoms with Crippen molar-refractivity contribution < 1.29 is 14.3 Å². The number of hydrogen-bond donors (Lipinski definition) is 3. The van der Waals surface area contributed by atoms with Crippen LogP contribution in [0.3, 0.4) is 0 Å². The summed E-state index contributed by atoms with van der Waals surface area (Å²) in [6, 6.07) is 8.59. The average molecular weight is 433 g/mol. The highest BCUT2D eigenvalue weighted by Gasteiger charge is 2.35. The molecule has 0 unspecified atom stereocenters. The summed E-state index contributed by atoms with van der Waals surface area (Å²) in [4.78, 5) is 16.5. The molecular formula is C24H40N4O3. The summed E-state index contributed by atoms with van der Waals surface area (Å²) in [5.41, 5.74) is 1.64. The van der Waals surface area contributed by atoms with Gasteiger partial charge in [-0.25, -0.2) is 4.79 Å². The third-order valence-corrected chi connectivity index (χ3v) is 5.52. The molecule has 0 saturated carbocycles. The minimum Gasteiger partial charge on any atom is -0.444 e. The quantitative estimate of drug-likeness (QED) is 0.473. The highest BCUT2D eigenvalue weighted by atomic mass is 16.6. The minimum atomic E-state index is -0.529. The Morgan fingerprint density at radius 1 is 1.13 bits per heavy atom. The van der Waals surface area contributed by atoms with E-state index in [0.717, 1.165) is 32.6 Å². The van der Waals surface area contributed by atoms with Gasteiger partial charge in [0.05, 0.1) is 5.54 Å². The molecule has 0 aliphatic carbocycles. The number of carbonyl (C=O) groups excluding carboxylic acids is 1. The first kappa shape index (κ1) is 25.0. The van der Waals surface area contributed by atoms with Crippen LogP contribution >= 0.6 is 0 Å². The third kappa shape index (κ3) is 7.73. The van der Waals surface area contributed by atoms with E-state index in [4.69, 9.17) is 9.47 Å². The summed E-state index contributed by atoms with van der Waals surface area (Å²) < 4.78 is 11.0. The van der Waals surface area contributed by atoms with Crippen LogP contribution < -0.4 is 16.0 Å². The summed E-state index contributed by atoms with van der Waals surface area (Å²) >= 11 is 0. The molecule has 0 aromatic heterocycles. The Hall–Kier alpha value is -2.28. The molecule has 1 amide bonds. The lowest BCUT2D eigenvalue weighted by molar-refractivity contribution is 0.0474. The summed E-state index contributed by atoms with van der Waals surface area (Å²) in [6.07, 6.45) is 1.50. The van der Waals surface area contributed by atoms with Gasteiger partial charge in [-0.1, -0.05) is 24.3 Å². The van der Waals surface area contributed by atoms with Crippen molar-refractivity contribution in [2.45, 2.75) is 70.9 Å². The van der Waals surface area contributed by atoms with Gasteiger partial charge in [-0.3, -0.25) is 4.99 Å². The standard InChI is InChI=1S/C24H40N4O3/c1-18-10-8-9-11-19(18)24(12-14-30-15-13-24)17-27-20(25-7)26-16-23(5,6)28-21(29)31-22(2,3)4/h8-11H,12-17H2,1-7H3,(H,28,29)(H2,25,26,27). The van der Waals surface area contributed by atoms with Crippen molar-refractivity contribution in [3.63, 3.8) is 0 Å². The van der Waals surface area contributed by atoms with Crippen LogP contribution in [0.25, 0.3) is 0 Å². The molecule has 1 aliphatic rings. The second kappa shape index (κ2) is 10.4. The molecule has 1 aromatic carbocycles. The van der Waals surface area contributed by atoms with E-state index in [2.05, 4.69) is 52.1 Å². The van der Waals surface area contributed by atoms with Crippen LogP contribution in [0.5, 0.6) is 0 Å². The first-order chi connectivity index (χ1) is 14.5. The predicted molar refractivity (Wildman–Crippen MR) is 126 cm³/mol. The number of nitrogens with one attached hydrogen (secondary N) is 3. The molecule has 0 bridgehead atoms. The summed E-state index contributed by atoms with van der Waals surface area (Å²) in [6.45, 7) is 14.4. The minimum absolute atomic E-state index is 0.00545. The normalized spacial score (nSPS) is 17.1. The molecule has 31 heavy (non-hydrogen) atoms. The van der Waals surface area contributed by atoms with Crippen molar-refractivity contribution in [1.29, 1.82) is 0 Å². The SMILES string of the molecule is CN=C(NCC(C)(C)NC(=O)OC(C)(C)C)NCC1(c2ccccc2C)CCOCC1. The number of benzene rings is 1. The van der Waals surface area contributed by atoms with Crippen LogP contribution in [0, 0.1) is 6.92 Å². The lowest BCUT2D eigenvalue weighted by Crippen LogP contribution is -2.55. The highest BCUT2D eigenvalue weighted by molar-refractivity contribution is 5.80. The molecular weight excluding hydrogens is 392 g/mol. The number of ether oxygens (including phenoxy) is 2. The van der Waals surface area contributed by atoms with Gasteiger partial charge in [-0.15, -0.1) is 0 Å². The zero-order valence-electron chi connectivity index (χ0n) is 20.2. The van der Waals surface area contributed by atoms with Crippen LogP contribution in [-0.2, 0) is 14.9 Å². The Bertz CT molecular complexity index is 762. The van der Waals surface area contributed by atoms with Crippen LogP contribution in [0.15, 0.2) is 29.3 Å². The molecule has 3 N–H and O–H groups in total. The van der Waals surface area contributed by atoms with Crippen LogP contribution in [-0.4, -0.2) is 56.5 Å². The van der Waals surface area contributed by atoms with E-state index >= 15 is 0 Å². The maximum Gasteiger partial charge on any atom is 0.408 e. The molecule has 1 aromatic rings. The fourth-order valence-corrected chi connectivity index (χ4v) is 3.87. The Morgan fingerprint density at radius 3 is 2.35 bits per heavy atom. The van der Waals surface area contributed by atoms with E-state index in [1.54, 1.807) is 7.05 Å². The topological polar surface area (TPSA) is 84.0 Å². The van der Waals surface area contributed by atoms with E-state index in [0.29, 0.717) is 12.5 Å². The summed E-state index contributed by atoms with van der Waals surface area (Å²) in [5, 5.41) is 9.76. The van der Waals surface area contributed by atoms with Crippen molar-refractivity contribution in [2.24, 2.45) is 4.99 Å². The largest absolute Gasteiger partial charge is 0.444 e. The van der Waals surface area contributed by atoms with Gasteiger partial charge in [0.25, 0.3) is 0 Å². The number of carbonyl (C=O) groups is 1. The maximum atomic E-state index is 12.1. The van der Waals surface area contributed by atoms with Crippen LogP contribution in [0.1, 0.15) is 58.6 Å². The van der Waals surface area contributed by atoms with Crippen molar-refractivity contribution in [2.75, 3.05) is 33.4 Å². The molecule has 1 fully saturated rings. The smallest absolute Gasteiger partial charge is 0.408 e. The summed E-state index contributed by atoms with van der Waals surface area (Å²) in [5.74, 6) is 0.707. The molecule has 7 nitrogen and oxygen atoms in total. The molecule has 1 saturated heterocycles. The molecule has 1 aliphatic heterocycles. The van der Waals surface area contributed by atoms with Crippen molar-refractivity contribution >= 4 is 12.1 Å². The maximum absolute atomic E-state index is 12.1. The fourth-order valence-electron chi connectivity index (χ4n) is 3.87. The Labute approximate surface area is 187 Å². The number of alkyl carbamates (subject to hydrolysis) is 1. The van der Waals surface area contributed by atoms with Gasteiger partial charge >= 0.3 is 6.09 Å². The monoisotopic (exact) mass is 432 g/mol. The van der Waals surface area contributed by atoms with Crippen molar-refractivity contribution in [3.8, 4) is 0 Å². The zero-order chi connectivity index (χ0) is 23.1. The van der Waals surface area contributed by atoms with E-state index in [9.17, 15) is 4.79 Å². The molecule has 174 valence electrons. The molecule has 0 atom stereocenters. The first-order valence-corrected chi connectivity index (χ1v) is 11.1. The number of nitrogens with zero attached hydrogens (tertiary/aromatic N) is 1. The number of aryl methyl sites for hydroxylation is 1. The lowest BCUT2D eigenvalue weighted by Gasteiger charge is -2.39. The summed E-state index contributed by atoms with van der Waals surface area (Å²) in [7, 11) is 1.76. The zero-order valence-corrected chi connectivity index (χ0v) is 20.2. The van der Waals surface area contributed by atoms with Crippen LogP contribution in [0.2, 0.25) is 0 Å². The highest BCUT2D eigenvalue weighted by Crippen LogP contribution is 2.36. The number of amides is 1. The van der Waals surface area contributed by atoms with Gasteiger partial charge in [0.1, 0.15) is 5.60 Å². The van der Waals surface area contributed by atoms with E-state index < -0.39 is 17.2 Å². The lowest BCUT2D eigenvalue weighted by atomic mass is 9.72. The van der Waals surface area contributed by atoms with Gasteiger partial charge in [-0.2, -0.15) is 0 Å². The molecule has 0 radical (unpaired) electrons. The second-order valence-corrected chi connectivity index (χ2v) is 10.00. The van der Waals surface area contributed by atoms with Gasteiger partial charge in [-0.05, 0) is 65.5 Å². The van der Waals surface area contributed by atoms with Crippen molar-refractivity contribution in [3.05, 3.63) is 35.4 Å². The number of guanidine groups is 1. The van der Waals surface area contributed by atoms with Crippen molar-refractivity contribution in [1.82, 2.24) is 16.0 Å². The Balaban J connectivity index is 1.99. The van der Waals surface area contributed by atoms with E-state index in [-0.39, 0.29) is 5.41 Å². The average Bonchev–Trinajstić information content (AvgIpc) is 2.67. The molecule has 2 rings (SSSR count). The predicted octanol–water partition coefficient (Wildman–Crippen LogP) is 3.51. The van der Waals surface area contributed by atoms with Gasteiger partial charge < -0.3 is 25.4 Å². The Morgan fingerprint density at radius 2 is 1.77 bits per heavy atom. The van der Waals surface area contributed by atoms with Gasteiger partial charge in [0, 0.05) is 38.8 Å². The van der Waals surface area contributed by atoms with Gasteiger partial charge in [0.15, 0.2) is 5.96 Å². The molecule has 0 spiro atoms. The number of aliphatic imine (C=N–C) groups is 1.